The number of nitrogens with zero attached hydrogens (tertiary/aromatic N) is 1. The molecule has 0 saturated carbocycles. The maximum Gasteiger partial charge on any atom is 0.339 e. The van der Waals surface area contributed by atoms with Crippen LogP contribution in [0.3, 0.4) is 0 Å². The van der Waals surface area contributed by atoms with Crippen LogP contribution in [0.1, 0.15) is 22.3 Å². The van der Waals surface area contributed by atoms with Gasteiger partial charge in [-0.15, -0.1) is 0 Å². The molecule has 0 saturated heterocycles. The van der Waals surface area contributed by atoms with Crippen LogP contribution in [0.25, 0.3) is 11.3 Å². The molecule has 2 aromatic carbocycles. The molecule has 0 fully saturated rings. The number of rotatable bonds is 5. The third-order valence-corrected chi connectivity index (χ3v) is 5.27. The van der Waals surface area contributed by atoms with E-state index in [0.29, 0.717) is 0 Å². The van der Waals surface area contributed by atoms with Crippen molar-refractivity contribution >= 4 is 22.2 Å². The van der Waals surface area contributed by atoms with Gasteiger partial charge >= 0.3 is 5.13 Å². The number of allylic oxidation sites excluding steroid dienone is 1. The Hall–Kier alpha value is -1.91. The number of thiazole rings is 1. The van der Waals surface area contributed by atoms with E-state index in [4.69, 9.17) is 0 Å². The largest absolute Gasteiger partial charge is 1.00 e. The van der Waals surface area contributed by atoms with E-state index >= 15 is 0 Å². The molecule has 0 aliphatic heterocycles. The number of hydrogen-bond acceptors (Lipinski definition) is 2. The Bertz CT molecular complexity index is 887. The van der Waals surface area contributed by atoms with Crippen LogP contribution < -0.4 is 26.9 Å². The first-order valence-corrected chi connectivity index (χ1v) is 9.41. The molecule has 0 atom stereocenters. The highest BCUT2D eigenvalue weighted by Gasteiger charge is 2.20. The van der Waals surface area contributed by atoms with Crippen molar-refractivity contribution in [1.29, 1.82) is 0 Å². The summed E-state index contributed by atoms with van der Waals surface area (Å²) in [5, 5.41) is 7.00. The van der Waals surface area contributed by atoms with Crippen molar-refractivity contribution in [2.45, 2.75) is 34.2 Å². The standard InChI is InChI=1S/C22H24N2S.BrH/c1-6-11-24-20(19-9-7-15(2)8-10-19)14-25-22(24)23-21-17(4)12-16(3)13-18(21)5;/h6-10,12-14H,1,11H2,2-5H3;1H. The molecule has 2 nitrogen and oxygen atoms in total. The van der Waals surface area contributed by atoms with Crippen LogP contribution in [-0.4, -0.2) is 0 Å². The van der Waals surface area contributed by atoms with Crippen LogP contribution in [0.4, 0.5) is 10.8 Å². The highest BCUT2D eigenvalue weighted by atomic mass is 79.9. The molecular weight excluding hydrogens is 404 g/mol. The van der Waals surface area contributed by atoms with Crippen LogP contribution in [0.5, 0.6) is 0 Å². The maximum absolute atomic E-state index is 3.94. The lowest BCUT2D eigenvalue weighted by molar-refractivity contribution is -0.657. The first kappa shape index (κ1) is 20.4. The normalized spacial score (nSPS) is 10.3. The molecule has 0 amide bonds. The number of anilines is 2. The minimum Gasteiger partial charge on any atom is -1.00 e. The molecule has 1 aromatic heterocycles. The Morgan fingerprint density at radius 1 is 1.00 bits per heavy atom. The summed E-state index contributed by atoms with van der Waals surface area (Å²) in [5.74, 6) is 0. The number of benzene rings is 2. The van der Waals surface area contributed by atoms with Gasteiger partial charge in [-0.05, 0) is 38.8 Å². The van der Waals surface area contributed by atoms with Crippen LogP contribution >= 0.6 is 11.3 Å². The van der Waals surface area contributed by atoms with Crippen molar-refractivity contribution in [2.24, 2.45) is 0 Å². The Morgan fingerprint density at radius 2 is 1.62 bits per heavy atom. The summed E-state index contributed by atoms with van der Waals surface area (Å²) in [7, 11) is 0. The fraction of sp³-hybridized carbons (Fsp3) is 0.227. The molecule has 0 aliphatic rings. The molecular formula is C22H25BrN2S. The highest BCUT2D eigenvalue weighted by Crippen LogP contribution is 2.29. The molecule has 3 aromatic rings. The average Bonchev–Trinajstić information content (AvgIpc) is 2.95. The number of hydrogen-bond donors (Lipinski definition) is 1. The van der Waals surface area contributed by atoms with Gasteiger partial charge in [0.1, 0.15) is 17.9 Å². The van der Waals surface area contributed by atoms with E-state index in [-0.39, 0.29) is 17.0 Å². The van der Waals surface area contributed by atoms with Gasteiger partial charge in [-0.1, -0.05) is 71.5 Å². The van der Waals surface area contributed by atoms with Gasteiger partial charge in [-0.25, -0.2) is 9.88 Å². The van der Waals surface area contributed by atoms with Crippen molar-refractivity contribution in [3.63, 3.8) is 0 Å². The van der Waals surface area contributed by atoms with Crippen LogP contribution in [0.15, 0.2) is 54.4 Å². The zero-order valence-electron chi connectivity index (χ0n) is 15.8. The van der Waals surface area contributed by atoms with E-state index in [1.54, 1.807) is 11.3 Å². The fourth-order valence-corrected chi connectivity index (χ4v) is 4.14. The van der Waals surface area contributed by atoms with Gasteiger partial charge in [0.25, 0.3) is 0 Å². The SMILES string of the molecule is C=CC[n+]1c(-c2ccc(C)cc2)csc1Nc1c(C)cc(C)cc1C.[Br-]. The van der Waals surface area contributed by atoms with Crippen LogP contribution in [0.2, 0.25) is 0 Å². The lowest BCUT2D eigenvalue weighted by atomic mass is 10.1. The van der Waals surface area contributed by atoms with Gasteiger partial charge in [-0.2, -0.15) is 0 Å². The second-order valence-electron chi connectivity index (χ2n) is 6.59. The quantitative estimate of drug-likeness (QED) is 0.487. The zero-order chi connectivity index (χ0) is 18.0. The molecule has 0 unspecified atom stereocenters. The molecule has 136 valence electrons. The van der Waals surface area contributed by atoms with Gasteiger partial charge in [0, 0.05) is 10.9 Å². The third kappa shape index (κ3) is 4.25. The second-order valence-corrected chi connectivity index (χ2v) is 7.45. The third-order valence-electron chi connectivity index (χ3n) is 4.39. The Balaban J connectivity index is 0.00000243. The first-order chi connectivity index (χ1) is 12.0. The van der Waals surface area contributed by atoms with Gasteiger partial charge in [-0.3, -0.25) is 0 Å². The zero-order valence-corrected chi connectivity index (χ0v) is 18.2. The van der Waals surface area contributed by atoms with Gasteiger partial charge in [0.05, 0.1) is 0 Å². The Kier molecular flexibility index (Phi) is 6.79. The molecule has 1 N–H and O–H groups in total. The summed E-state index contributed by atoms with van der Waals surface area (Å²) in [6.07, 6.45) is 1.95. The molecule has 4 heteroatoms. The van der Waals surface area contributed by atoms with Crippen molar-refractivity contribution in [3.05, 3.63) is 76.7 Å². The molecule has 0 aliphatic carbocycles. The van der Waals surface area contributed by atoms with Crippen molar-refractivity contribution in [3.8, 4) is 11.3 Å². The summed E-state index contributed by atoms with van der Waals surface area (Å²) in [6, 6.07) is 13.1. The molecule has 3 rings (SSSR count). The minimum atomic E-state index is 0. The Labute approximate surface area is 171 Å². The summed E-state index contributed by atoms with van der Waals surface area (Å²) in [5.41, 5.74) is 8.76. The fourth-order valence-electron chi connectivity index (χ4n) is 3.19. The van der Waals surface area contributed by atoms with E-state index in [1.807, 2.05) is 6.08 Å². The molecule has 0 bridgehead atoms. The lowest BCUT2D eigenvalue weighted by Gasteiger charge is -2.09. The van der Waals surface area contributed by atoms with Gasteiger partial charge in [0.15, 0.2) is 0 Å². The average molecular weight is 429 g/mol. The predicted molar refractivity (Wildman–Crippen MR) is 109 cm³/mol. The van der Waals surface area contributed by atoms with E-state index < -0.39 is 0 Å². The second kappa shape index (κ2) is 8.65. The molecule has 1 heterocycles. The summed E-state index contributed by atoms with van der Waals surface area (Å²) < 4.78 is 2.29. The number of halogens is 1. The topological polar surface area (TPSA) is 15.9 Å². The van der Waals surface area contributed by atoms with Crippen LogP contribution in [-0.2, 0) is 6.54 Å². The molecule has 0 radical (unpaired) electrons. The van der Waals surface area contributed by atoms with Gasteiger partial charge in [0.2, 0.25) is 0 Å². The number of aryl methyl sites for hydroxylation is 4. The number of aromatic nitrogens is 1. The van der Waals surface area contributed by atoms with E-state index in [0.717, 1.165) is 11.7 Å². The van der Waals surface area contributed by atoms with E-state index in [2.05, 4.69) is 85.9 Å². The van der Waals surface area contributed by atoms with E-state index in [9.17, 15) is 0 Å². The molecule has 26 heavy (non-hydrogen) atoms. The maximum atomic E-state index is 3.94. The van der Waals surface area contributed by atoms with Crippen LogP contribution in [0, 0.1) is 27.7 Å². The summed E-state index contributed by atoms with van der Waals surface area (Å²) in [4.78, 5) is 0. The van der Waals surface area contributed by atoms with Crippen molar-refractivity contribution in [2.75, 3.05) is 5.32 Å². The summed E-state index contributed by atoms with van der Waals surface area (Å²) in [6.45, 7) is 13.3. The number of nitrogens with one attached hydrogen (secondary N) is 1. The smallest absolute Gasteiger partial charge is 0.339 e. The van der Waals surface area contributed by atoms with Crippen molar-refractivity contribution < 1.29 is 21.5 Å². The predicted octanol–water partition coefficient (Wildman–Crippen LogP) is 2.87. The summed E-state index contributed by atoms with van der Waals surface area (Å²) >= 11 is 1.74. The lowest BCUT2D eigenvalue weighted by Crippen LogP contribution is -3.00. The monoisotopic (exact) mass is 428 g/mol. The van der Waals surface area contributed by atoms with E-state index in [1.165, 1.54) is 39.2 Å². The van der Waals surface area contributed by atoms with Crippen molar-refractivity contribution in [1.82, 2.24) is 0 Å². The highest BCUT2D eigenvalue weighted by molar-refractivity contribution is 7.13. The van der Waals surface area contributed by atoms with Gasteiger partial charge < -0.3 is 17.0 Å². The minimum absolute atomic E-state index is 0. The first-order valence-electron chi connectivity index (χ1n) is 8.53. The Morgan fingerprint density at radius 3 is 2.19 bits per heavy atom. The molecule has 0 spiro atoms.